The molecule has 4 rings (SSSR count). The van der Waals surface area contributed by atoms with Crippen molar-refractivity contribution in [2.75, 3.05) is 50.9 Å². The first-order chi connectivity index (χ1) is 15.6. The number of fused-ring (bicyclic) bond motifs is 2. The molecule has 1 amide bonds. The van der Waals surface area contributed by atoms with Gasteiger partial charge in [0.05, 0.1) is 10.2 Å². The quantitative estimate of drug-likeness (QED) is 0.407. The molecule has 178 valence electrons. The van der Waals surface area contributed by atoms with Crippen LogP contribution < -0.4 is 19.1 Å². The lowest BCUT2D eigenvalue weighted by Crippen LogP contribution is -2.41. The van der Waals surface area contributed by atoms with Crippen molar-refractivity contribution in [1.29, 1.82) is 0 Å². The molecule has 0 spiro atoms. The van der Waals surface area contributed by atoms with E-state index in [1.165, 1.54) is 11.3 Å². The van der Waals surface area contributed by atoms with Gasteiger partial charge in [0, 0.05) is 30.2 Å². The maximum absolute atomic E-state index is 13.2. The Balaban J connectivity index is 0.00000306. The minimum atomic E-state index is -0.150. The van der Waals surface area contributed by atoms with Crippen LogP contribution in [0.3, 0.4) is 0 Å². The SMILES string of the molecule is CCN(CC)CCN(C(=O)COc1ccc(Cl)cc1)c1nc2cc3c(cc2s1)OCCO3.Cl. The Morgan fingerprint density at radius 1 is 1.09 bits per heavy atom. The number of nitrogens with zero attached hydrogens (tertiary/aromatic N) is 3. The summed E-state index contributed by atoms with van der Waals surface area (Å²) in [5.41, 5.74) is 0.786. The van der Waals surface area contributed by atoms with Crippen molar-refractivity contribution in [3.63, 3.8) is 0 Å². The number of thiazole rings is 1. The molecule has 0 aliphatic carbocycles. The maximum atomic E-state index is 13.2. The van der Waals surface area contributed by atoms with E-state index in [0.717, 1.165) is 29.9 Å². The molecule has 3 aromatic rings. The summed E-state index contributed by atoms with van der Waals surface area (Å²) in [5.74, 6) is 1.85. The lowest BCUT2D eigenvalue weighted by atomic mass is 10.3. The van der Waals surface area contributed by atoms with Crippen molar-refractivity contribution in [2.24, 2.45) is 0 Å². The number of ether oxygens (including phenoxy) is 3. The fourth-order valence-electron chi connectivity index (χ4n) is 3.43. The Labute approximate surface area is 208 Å². The van der Waals surface area contributed by atoms with Crippen LogP contribution in [-0.2, 0) is 4.79 Å². The third-order valence-electron chi connectivity index (χ3n) is 5.28. The van der Waals surface area contributed by atoms with Gasteiger partial charge in [0.2, 0.25) is 0 Å². The zero-order valence-electron chi connectivity index (χ0n) is 18.6. The van der Waals surface area contributed by atoms with Crippen molar-refractivity contribution in [1.82, 2.24) is 9.88 Å². The molecular weight excluding hydrogens is 485 g/mol. The number of likely N-dealkylation sites (N-methyl/N-ethyl adjacent to an activating group) is 1. The average molecular weight is 512 g/mol. The van der Waals surface area contributed by atoms with E-state index in [9.17, 15) is 4.79 Å². The molecular formula is C23H27Cl2N3O4S. The van der Waals surface area contributed by atoms with Crippen LogP contribution >= 0.6 is 35.3 Å². The second-order valence-electron chi connectivity index (χ2n) is 7.27. The molecule has 10 heteroatoms. The zero-order valence-corrected chi connectivity index (χ0v) is 21.0. The summed E-state index contributed by atoms with van der Waals surface area (Å²) in [5, 5.41) is 1.26. The van der Waals surface area contributed by atoms with Gasteiger partial charge in [0.1, 0.15) is 19.0 Å². The third kappa shape index (κ3) is 6.20. The highest BCUT2D eigenvalue weighted by Crippen LogP contribution is 2.38. The number of hydrogen-bond donors (Lipinski definition) is 0. The summed E-state index contributed by atoms with van der Waals surface area (Å²) in [7, 11) is 0. The van der Waals surface area contributed by atoms with Crippen LogP contribution in [-0.4, -0.2) is 61.8 Å². The largest absolute Gasteiger partial charge is 0.486 e. The Hall–Kier alpha value is -2.26. The van der Waals surface area contributed by atoms with E-state index in [0.29, 0.717) is 47.2 Å². The molecule has 0 N–H and O–H groups in total. The van der Waals surface area contributed by atoms with E-state index < -0.39 is 0 Å². The van der Waals surface area contributed by atoms with Gasteiger partial charge in [-0.2, -0.15) is 0 Å². The Morgan fingerprint density at radius 3 is 2.42 bits per heavy atom. The molecule has 0 radical (unpaired) electrons. The summed E-state index contributed by atoms with van der Waals surface area (Å²) < 4.78 is 18.0. The van der Waals surface area contributed by atoms with Gasteiger partial charge in [-0.25, -0.2) is 4.98 Å². The molecule has 1 aromatic heterocycles. The number of halogens is 2. The predicted octanol–water partition coefficient (Wildman–Crippen LogP) is 4.90. The minimum Gasteiger partial charge on any atom is -0.486 e. The number of amides is 1. The van der Waals surface area contributed by atoms with Crippen molar-refractivity contribution in [3.05, 3.63) is 41.4 Å². The minimum absolute atomic E-state index is 0. The summed E-state index contributed by atoms with van der Waals surface area (Å²) in [6.07, 6.45) is 0. The van der Waals surface area contributed by atoms with E-state index in [1.807, 2.05) is 12.1 Å². The van der Waals surface area contributed by atoms with Gasteiger partial charge in [0.25, 0.3) is 5.91 Å². The van der Waals surface area contributed by atoms with Gasteiger partial charge < -0.3 is 19.1 Å². The predicted molar refractivity (Wildman–Crippen MR) is 135 cm³/mol. The Morgan fingerprint density at radius 2 is 1.76 bits per heavy atom. The molecule has 1 aliphatic rings. The molecule has 0 fully saturated rings. The number of rotatable bonds is 9. The van der Waals surface area contributed by atoms with Crippen molar-refractivity contribution in [2.45, 2.75) is 13.8 Å². The van der Waals surface area contributed by atoms with Gasteiger partial charge >= 0.3 is 0 Å². The van der Waals surface area contributed by atoms with Crippen molar-refractivity contribution in [3.8, 4) is 17.2 Å². The lowest BCUT2D eigenvalue weighted by Gasteiger charge is -2.24. The van der Waals surface area contributed by atoms with Crippen LogP contribution in [0.25, 0.3) is 10.2 Å². The number of hydrogen-bond acceptors (Lipinski definition) is 7. The second-order valence-corrected chi connectivity index (χ2v) is 8.72. The first-order valence-electron chi connectivity index (χ1n) is 10.7. The van der Waals surface area contributed by atoms with Gasteiger partial charge in [-0.05, 0) is 37.4 Å². The number of carbonyl (C=O) groups is 1. The van der Waals surface area contributed by atoms with Crippen molar-refractivity contribution >= 4 is 56.6 Å². The average Bonchev–Trinajstić information content (AvgIpc) is 3.22. The molecule has 1 aliphatic heterocycles. The number of benzene rings is 2. The number of carbonyl (C=O) groups excluding carboxylic acids is 1. The van der Waals surface area contributed by atoms with Crippen LogP contribution in [0.2, 0.25) is 5.02 Å². The summed E-state index contributed by atoms with van der Waals surface area (Å²) >= 11 is 7.39. The van der Waals surface area contributed by atoms with E-state index in [1.54, 1.807) is 29.2 Å². The van der Waals surface area contributed by atoms with Crippen LogP contribution in [0.15, 0.2) is 36.4 Å². The van der Waals surface area contributed by atoms with E-state index in [2.05, 4.69) is 18.7 Å². The van der Waals surface area contributed by atoms with Crippen LogP contribution in [0.5, 0.6) is 17.2 Å². The Bertz CT molecular complexity index is 1030. The molecule has 0 atom stereocenters. The monoisotopic (exact) mass is 511 g/mol. The molecule has 2 aromatic carbocycles. The van der Waals surface area contributed by atoms with E-state index in [-0.39, 0.29) is 24.9 Å². The third-order valence-corrected chi connectivity index (χ3v) is 6.58. The standard InChI is InChI=1S/C23H26ClN3O4S.ClH/c1-3-26(4-2)9-10-27(22(28)15-31-17-7-5-16(24)6-8-17)23-25-18-13-19-20(14-21(18)32-23)30-12-11-29-19;/h5-8,13-14H,3-4,9-12,15H2,1-2H3;1H. The van der Waals surface area contributed by atoms with Gasteiger partial charge in [-0.1, -0.05) is 36.8 Å². The van der Waals surface area contributed by atoms with Crippen LogP contribution in [0.1, 0.15) is 13.8 Å². The molecule has 33 heavy (non-hydrogen) atoms. The van der Waals surface area contributed by atoms with Crippen LogP contribution in [0.4, 0.5) is 5.13 Å². The van der Waals surface area contributed by atoms with Gasteiger partial charge in [-0.15, -0.1) is 12.4 Å². The first-order valence-corrected chi connectivity index (χ1v) is 11.9. The zero-order chi connectivity index (χ0) is 22.5. The summed E-state index contributed by atoms with van der Waals surface area (Å²) in [6, 6.07) is 10.8. The fourth-order valence-corrected chi connectivity index (χ4v) is 4.58. The molecule has 7 nitrogen and oxygen atoms in total. The van der Waals surface area contributed by atoms with E-state index >= 15 is 0 Å². The van der Waals surface area contributed by atoms with Gasteiger partial charge in [0.15, 0.2) is 23.2 Å². The first kappa shape index (κ1) is 25.4. The highest BCUT2D eigenvalue weighted by molar-refractivity contribution is 7.22. The molecule has 0 unspecified atom stereocenters. The lowest BCUT2D eigenvalue weighted by molar-refractivity contribution is -0.120. The highest BCUT2D eigenvalue weighted by atomic mass is 35.5. The normalized spacial score (nSPS) is 12.5. The topological polar surface area (TPSA) is 64.1 Å². The molecule has 0 bridgehead atoms. The molecule has 2 heterocycles. The van der Waals surface area contributed by atoms with Crippen molar-refractivity contribution < 1.29 is 19.0 Å². The number of aromatic nitrogens is 1. The highest BCUT2D eigenvalue weighted by Gasteiger charge is 2.23. The maximum Gasteiger partial charge on any atom is 0.266 e. The fraction of sp³-hybridized carbons (Fsp3) is 0.391. The van der Waals surface area contributed by atoms with Crippen LogP contribution in [0, 0.1) is 0 Å². The molecule has 0 saturated heterocycles. The Kier molecular flexibility index (Phi) is 9.02. The smallest absolute Gasteiger partial charge is 0.266 e. The second kappa shape index (κ2) is 11.7. The summed E-state index contributed by atoms with van der Waals surface area (Å²) in [6.45, 7) is 8.30. The van der Waals surface area contributed by atoms with Gasteiger partial charge in [-0.3, -0.25) is 9.69 Å². The number of anilines is 1. The molecule has 0 saturated carbocycles. The van der Waals surface area contributed by atoms with E-state index in [4.69, 9.17) is 30.8 Å². The summed E-state index contributed by atoms with van der Waals surface area (Å²) in [4.78, 5) is 21.9.